The van der Waals surface area contributed by atoms with E-state index >= 15 is 0 Å². The number of carbonyl (C=O) groups is 1. The Morgan fingerprint density at radius 1 is 1.47 bits per heavy atom. The molecule has 1 heterocycles. The minimum absolute atomic E-state index is 0.0190. The van der Waals surface area contributed by atoms with Crippen molar-refractivity contribution in [2.24, 2.45) is 5.92 Å². The van der Waals surface area contributed by atoms with Crippen molar-refractivity contribution in [1.82, 2.24) is 0 Å². The molecule has 15 heavy (non-hydrogen) atoms. The highest BCUT2D eigenvalue weighted by molar-refractivity contribution is 7.91. The number of ether oxygens (including phenoxy) is 1. The summed E-state index contributed by atoms with van der Waals surface area (Å²) in [5.74, 6) is 0.450. The largest absolute Gasteiger partial charge is 0.374 e. The van der Waals surface area contributed by atoms with E-state index in [-0.39, 0.29) is 29.8 Å². The first kappa shape index (κ1) is 12.6. The highest BCUT2D eigenvalue weighted by atomic mass is 32.2. The standard InChI is InChI=1S/C10H18O4S/c1-2-4-14-7-10(11)6-9-3-5-15(12,13)8-9/h9H,2-8H2,1H3. The first-order chi connectivity index (χ1) is 7.03. The molecule has 88 valence electrons. The van der Waals surface area contributed by atoms with Crippen LogP contribution in [-0.4, -0.2) is 38.9 Å². The number of hydrogen-bond donors (Lipinski definition) is 0. The van der Waals surface area contributed by atoms with Crippen LogP contribution in [0.2, 0.25) is 0 Å². The predicted octanol–water partition coefficient (Wildman–Crippen LogP) is 0.807. The molecule has 0 aromatic heterocycles. The van der Waals surface area contributed by atoms with Crippen LogP contribution in [0.1, 0.15) is 26.2 Å². The number of rotatable bonds is 6. The van der Waals surface area contributed by atoms with Gasteiger partial charge in [-0.15, -0.1) is 0 Å². The molecule has 1 aliphatic heterocycles. The maximum absolute atomic E-state index is 11.4. The molecule has 0 amide bonds. The van der Waals surface area contributed by atoms with E-state index in [1.54, 1.807) is 0 Å². The molecular weight excluding hydrogens is 216 g/mol. The molecule has 0 radical (unpaired) electrons. The lowest BCUT2D eigenvalue weighted by Crippen LogP contribution is -2.15. The number of sulfone groups is 1. The van der Waals surface area contributed by atoms with E-state index in [2.05, 4.69) is 0 Å². The molecule has 0 N–H and O–H groups in total. The smallest absolute Gasteiger partial charge is 0.158 e. The molecule has 1 rings (SSSR count). The summed E-state index contributed by atoms with van der Waals surface area (Å²) >= 11 is 0. The Bertz CT molecular complexity index is 307. The molecule has 0 bridgehead atoms. The fourth-order valence-corrected chi connectivity index (χ4v) is 3.61. The number of ketones is 1. The average molecular weight is 234 g/mol. The molecule has 1 saturated heterocycles. The lowest BCUT2D eigenvalue weighted by Gasteiger charge is -2.06. The van der Waals surface area contributed by atoms with Crippen LogP contribution in [0.4, 0.5) is 0 Å². The number of carbonyl (C=O) groups excluding carboxylic acids is 1. The summed E-state index contributed by atoms with van der Waals surface area (Å²) in [6.45, 7) is 2.70. The first-order valence-corrected chi connectivity index (χ1v) is 7.15. The summed E-state index contributed by atoms with van der Waals surface area (Å²) in [4.78, 5) is 11.4. The van der Waals surface area contributed by atoms with Crippen LogP contribution in [-0.2, 0) is 19.4 Å². The van der Waals surface area contributed by atoms with Crippen molar-refractivity contribution < 1.29 is 17.9 Å². The summed E-state index contributed by atoms with van der Waals surface area (Å²) in [6.07, 6.45) is 1.87. The molecule has 5 heteroatoms. The predicted molar refractivity (Wildman–Crippen MR) is 57.5 cm³/mol. The van der Waals surface area contributed by atoms with Crippen LogP contribution in [0.15, 0.2) is 0 Å². The number of hydrogen-bond acceptors (Lipinski definition) is 4. The molecule has 0 aromatic carbocycles. The summed E-state index contributed by atoms with van der Waals surface area (Å²) in [6, 6.07) is 0. The molecule has 0 aliphatic carbocycles. The van der Waals surface area contributed by atoms with Gasteiger partial charge in [0.1, 0.15) is 6.61 Å². The van der Waals surface area contributed by atoms with Gasteiger partial charge in [-0.05, 0) is 18.8 Å². The minimum Gasteiger partial charge on any atom is -0.374 e. The van der Waals surface area contributed by atoms with Gasteiger partial charge in [-0.3, -0.25) is 4.79 Å². The van der Waals surface area contributed by atoms with E-state index in [9.17, 15) is 13.2 Å². The Kier molecular flexibility index (Phi) is 4.73. The van der Waals surface area contributed by atoms with Crippen LogP contribution < -0.4 is 0 Å². The second kappa shape index (κ2) is 5.61. The summed E-state index contributed by atoms with van der Waals surface area (Å²) in [5.41, 5.74) is 0. The fourth-order valence-electron chi connectivity index (χ4n) is 1.74. The zero-order valence-corrected chi connectivity index (χ0v) is 9.88. The van der Waals surface area contributed by atoms with Crippen LogP contribution in [0.25, 0.3) is 0 Å². The quantitative estimate of drug-likeness (QED) is 0.638. The van der Waals surface area contributed by atoms with Gasteiger partial charge in [-0.25, -0.2) is 8.42 Å². The Morgan fingerprint density at radius 3 is 2.73 bits per heavy atom. The summed E-state index contributed by atoms with van der Waals surface area (Å²) in [5, 5.41) is 0. The van der Waals surface area contributed by atoms with Gasteiger partial charge in [-0.1, -0.05) is 6.92 Å². The lowest BCUT2D eigenvalue weighted by molar-refractivity contribution is -0.124. The lowest BCUT2D eigenvalue weighted by atomic mass is 10.0. The van der Waals surface area contributed by atoms with E-state index < -0.39 is 9.84 Å². The van der Waals surface area contributed by atoms with E-state index in [4.69, 9.17) is 4.74 Å². The monoisotopic (exact) mass is 234 g/mol. The van der Waals surface area contributed by atoms with Crippen LogP contribution >= 0.6 is 0 Å². The van der Waals surface area contributed by atoms with Crippen molar-refractivity contribution >= 4 is 15.6 Å². The average Bonchev–Trinajstić information content (AvgIpc) is 2.46. The Labute approximate surface area is 90.9 Å². The van der Waals surface area contributed by atoms with Crippen molar-refractivity contribution in [3.05, 3.63) is 0 Å². The molecule has 1 fully saturated rings. The maximum atomic E-state index is 11.4. The van der Waals surface area contributed by atoms with Gasteiger partial charge >= 0.3 is 0 Å². The van der Waals surface area contributed by atoms with E-state index in [1.807, 2.05) is 6.92 Å². The highest BCUT2D eigenvalue weighted by Gasteiger charge is 2.29. The third-order valence-corrected chi connectivity index (χ3v) is 4.29. The van der Waals surface area contributed by atoms with Crippen molar-refractivity contribution in [3.63, 3.8) is 0 Å². The van der Waals surface area contributed by atoms with Crippen LogP contribution in [0, 0.1) is 5.92 Å². The van der Waals surface area contributed by atoms with E-state index in [1.165, 1.54) is 0 Å². The Hall–Kier alpha value is -0.420. The molecule has 1 unspecified atom stereocenters. The van der Waals surface area contributed by atoms with Gasteiger partial charge in [-0.2, -0.15) is 0 Å². The van der Waals surface area contributed by atoms with Gasteiger partial charge in [0.05, 0.1) is 11.5 Å². The third-order valence-electron chi connectivity index (χ3n) is 2.45. The van der Waals surface area contributed by atoms with E-state index in [0.717, 1.165) is 6.42 Å². The van der Waals surface area contributed by atoms with Crippen molar-refractivity contribution in [2.75, 3.05) is 24.7 Å². The van der Waals surface area contributed by atoms with Crippen molar-refractivity contribution in [2.45, 2.75) is 26.2 Å². The SMILES string of the molecule is CCCOCC(=O)CC1CCS(=O)(=O)C1. The maximum Gasteiger partial charge on any atom is 0.158 e. The molecule has 4 nitrogen and oxygen atoms in total. The minimum atomic E-state index is -2.86. The second-order valence-electron chi connectivity index (χ2n) is 4.06. The Balaban J connectivity index is 2.22. The van der Waals surface area contributed by atoms with Gasteiger partial charge < -0.3 is 4.74 Å². The third kappa shape index (κ3) is 4.75. The zero-order chi connectivity index (χ0) is 11.3. The second-order valence-corrected chi connectivity index (χ2v) is 6.29. The van der Waals surface area contributed by atoms with Crippen LogP contribution in [0.3, 0.4) is 0 Å². The molecule has 0 spiro atoms. The molecule has 1 atom stereocenters. The molecule has 0 aromatic rings. The van der Waals surface area contributed by atoms with E-state index in [0.29, 0.717) is 19.4 Å². The van der Waals surface area contributed by atoms with Crippen LogP contribution in [0.5, 0.6) is 0 Å². The zero-order valence-electron chi connectivity index (χ0n) is 9.07. The van der Waals surface area contributed by atoms with Gasteiger partial charge in [0.25, 0.3) is 0 Å². The fraction of sp³-hybridized carbons (Fsp3) is 0.900. The van der Waals surface area contributed by atoms with Gasteiger partial charge in [0, 0.05) is 13.0 Å². The molecule has 0 saturated carbocycles. The first-order valence-electron chi connectivity index (χ1n) is 5.33. The van der Waals surface area contributed by atoms with Gasteiger partial charge in [0.15, 0.2) is 15.6 Å². The Morgan fingerprint density at radius 2 is 2.20 bits per heavy atom. The highest BCUT2D eigenvalue weighted by Crippen LogP contribution is 2.21. The normalized spacial score (nSPS) is 24.2. The topological polar surface area (TPSA) is 60.4 Å². The molecular formula is C10H18O4S. The summed E-state index contributed by atoms with van der Waals surface area (Å²) < 4.78 is 27.4. The number of Topliss-reactive ketones (excluding diaryl/α,β-unsaturated/α-hetero) is 1. The van der Waals surface area contributed by atoms with Gasteiger partial charge in [0.2, 0.25) is 0 Å². The van der Waals surface area contributed by atoms with Crippen molar-refractivity contribution in [1.29, 1.82) is 0 Å². The van der Waals surface area contributed by atoms with Crippen molar-refractivity contribution in [3.8, 4) is 0 Å². The summed E-state index contributed by atoms with van der Waals surface area (Å²) in [7, 11) is -2.86. The molecule has 1 aliphatic rings.